The minimum atomic E-state index is -0.455. The van der Waals surface area contributed by atoms with Crippen LogP contribution in [-0.2, 0) is 11.3 Å². The van der Waals surface area contributed by atoms with Crippen LogP contribution in [0.1, 0.15) is 5.82 Å². The maximum Gasteiger partial charge on any atom is 0.157 e. The van der Waals surface area contributed by atoms with Crippen molar-refractivity contribution in [1.29, 1.82) is 0 Å². The highest BCUT2D eigenvalue weighted by atomic mass is 35.5. The maximum atomic E-state index is 13.8. The lowest BCUT2D eigenvalue weighted by Crippen LogP contribution is -2.03. The maximum absolute atomic E-state index is 13.8. The van der Waals surface area contributed by atoms with E-state index in [1.807, 2.05) is 0 Å². The Hall–Kier alpha value is -1.72. The van der Waals surface area contributed by atoms with Gasteiger partial charge in [-0.2, -0.15) is 0 Å². The topological polar surface area (TPSA) is 61.0 Å². The zero-order valence-electron chi connectivity index (χ0n) is 9.65. The molecule has 0 amide bonds. The van der Waals surface area contributed by atoms with Crippen LogP contribution in [0.4, 0.5) is 10.2 Å². The molecule has 1 heterocycles. The number of hydrogen-bond donors (Lipinski definition) is 1. The molecule has 0 saturated heterocycles. The molecular formula is C12H11ClFN3O. The largest absolute Gasteiger partial charge is 0.384 e. The number of aromatic nitrogens is 2. The van der Waals surface area contributed by atoms with Gasteiger partial charge in [0, 0.05) is 13.2 Å². The third kappa shape index (κ3) is 2.57. The van der Waals surface area contributed by atoms with Crippen molar-refractivity contribution in [3.8, 4) is 11.3 Å². The van der Waals surface area contributed by atoms with Crippen LogP contribution in [-0.4, -0.2) is 17.1 Å². The summed E-state index contributed by atoms with van der Waals surface area (Å²) in [5, 5.41) is 0.275. The minimum absolute atomic E-state index is 0.199. The molecular weight excluding hydrogens is 257 g/mol. The van der Waals surface area contributed by atoms with Gasteiger partial charge in [-0.3, -0.25) is 0 Å². The second-order valence-corrected chi connectivity index (χ2v) is 4.03. The van der Waals surface area contributed by atoms with E-state index in [0.29, 0.717) is 11.5 Å². The van der Waals surface area contributed by atoms with Gasteiger partial charge in [0.25, 0.3) is 0 Å². The Bertz CT molecular complexity index is 557. The number of nitrogens with zero attached hydrogens (tertiary/aromatic N) is 2. The molecule has 4 nitrogen and oxygen atoms in total. The summed E-state index contributed by atoms with van der Waals surface area (Å²) in [7, 11) is 1.52. The predicted octanol–water partition coefficient (Wildman–Crippen LogP) is 2.66. The zero-order valence-corrected chi connectivity index (χ0v) is 10.4. The Morgan fingerprint density at radius 2 is 2.17 bits per heavy atom. The molecule has 0 radical (unpaired) electrons. The number of halogens is 2. The summed E-state index contributed by atoms with van der Waals surface area (Å²) in [6.07, 6.45) is 0. The highest BCUT2D eigenvalue weighted by Crippen LogP contribution is 2.29. The number of hydrogen-bond acceptors (Lipinski definition) is 4. The predicted molar refractivity (Wildman–Crippen MR) is 67.6 cm³/mol. The van der Waals surface area contributed by atoms with Crippen LogP contribution in [0.5, 0.6) is 0 Å². The molecule has 18 heavy (non-hydrogen) atoms. The van der Waals surface area contributed by atoms with Crippen molar-refractivity contribution in [2.45, 2.75) is 6.61 Å². The highest BCUT2D eigenvalue weighted by Gasteiger charge is 2.13. The molecule has 2 aromatic rings. The summed E-state index contributed by atoms with van der Waals surface area (Å²) in [5.41, 5.74) is 6.21. The van der Waals surface area contributed by atoms with Crippen LogP contribution in [0, 0.1) is 5.82 Å². The van der Waals surface area contributed by atoms with Gasteiger partial charge in [-0.05, 0) is 12.1 Å². The van der Waals surface area contributed by atoms with Gasteiger partial charge in [0.2, 0.25) is 0 Å². The number of anilines is 1. The van der Waals surface area contributed by atoms with Crippen LogP contribution in [0.3, 0.4) is 0 Å². The number of nitrogens with two attached hydrogens (primary N) is 1. The van der Waals surface area contributed by atoms with Gasteiger partial charge in [0.05, 0.1) is 16.3 Å². The summed E-state index contributed by atoms with van der Waals surface area (Å²) >= 11 is 5.97. The molecule has 0 aliphatic rings. The van der Waals surface area contributed by atoms with E-state index in [-0.39, 0.29) is 23.0 Å². The molecule has 0 unspecified atom stereocenters. The first kappa shape index (κ1) is 12.7. The van der Waals surface area contributed by atoms with Gasteiger partial charge in [-0.1, -0.05) is 17.7 Å². The lowest BCUT2D eigenvalue weighted by molar-refractivity contribution is 0.178. The van der Waals surface area contributed by atoms with E-state index in [0.717, 1.165) is 0 Å². The monoisotopic (exact) mass is 267 g/mol. The fraction of sp³-hybridized carbons (Fsp3) is 0.167. The molecule has 2 N–H and O–H groups in total. The van der Waals surface area contributed by atoms with Crippen LogP contribution < -0.4 is 5.73 Å². The molecule has 1 aromatic carbocycles. The van der Waals surface area contributed by atoms with Crippen molar-refractivity contribution in [1.82, 2.24) is 9.97 Å². The average molecular weight is 268 g/mol. The van der Waals surface area contributed by atoms with E-state index in [4.69, 9.17) is 22.1 Å². The number of rotatable bonds is 3. The molecule has 0 spiro atoms. The number of methoxy groups -OCH3 is 1. The van der Waals surface area contributed by atoms with Crippen molar-refractivity contribution in [3.63, 3.8) is 0 Å². The van der Waals surface area contributed by atoms with Crippen molar-refractivity contribution in [2.24, 2.45) is 0 Å². The Morgan fingerprint density at radius 3 is 2.83 bits per heavy atom. The zero-order chi connectivity index (χ0) is 13.1. The third-order valence-electron chi connectivity index (χ3n) is 2.28. The lowest BCUT2D eigenvalue weighted by Gasteiger charge is -2.08. The van der Waals surface area contributed by atoms with Crippen molar-refractivity contribution in [2.75, 3.05) is 12.8 Å². The van der Waals surface area contributed by atoms with Gasteiger partial charge in [0.1, 0.15) is 18.2 Å². The summed E-state index contributed by atoms with van der Waals surface area (Å²) in [6, 6.07) is 5.91. The molecule has 0 aliphatic heterocycles. The Kier molecular flexibility index (Phi) is 3.74. The normalized spacial score (nSPS) is 10.6. The second-order valence-electron chi connectivity index (χ2n) is 3.62. The van der Waals surface area contributed by atoms with Crippen LogP contribution in [0.15, 0.2) is 24.3 Å². The van der Waals surface area contributed by atoms with Gasteiger partial charge in [-0.25, -0.2) is 14.4 Å². The number of benzene rings is 1. The summed E-state index contributed by atoms with van der Waals surface area (Å²) in [6.45, 7) is 0.199. The standard InChI is InChI=1S/C12H11ClFN3O/c1-18-6-11-16-9(5-10(15)17-11)12-7(13)3-2-4-8(12)14/h2-5H,6H2,1H3,(H2,15,16,17). The van der Waals surface area contributed by atoms with E-state index < -0.39 is 5.82 Å². The van der Waals surface area contributed by atoms with Gasteiger partial charge in [0.15, 0.2) is 5.82 Å². The molecule has 1 aromatic heterocycles. The van der Waals surface area contributed by atoms with Crippen LogP contribution in [0.25, 0.3) is 11.3 Å². The van der Waals surface area contributed by atoms with E-state index >= 15 is 0 Å². The highest BCUT2D eigenvalue weighted by molar-refractivity contribution is 6.33. The number of ether oxygens (including phenoxy) is 1. The van der Waals surface area contributed by atoms with E-state index in [1.165, 1.54) is 25.3 Å². The van der Waals surface area contributed by atoms with Gasteiger partial charge in [-0.15, -0.1) is 0 Å². The van der Waals surface area contributed by atoms with E-state index in [1.54, 1.807) is 6.07 Å². The lowest BCUT2D eigenvalue weighted by atomic mass is 10.1. The van der Waals surface area contributed by atoms with Gasteiger partial charge >= 0.3 is 0 Å². The molecule has 6 heteroatoms. The smallest absolute Gasteiger partial charge is 0.157 e. The molecule has 0 atom stereocenters. The summed E-state index contributed by atoms with van der Waals surface area (Å²) in [5.74, 6) is 0.169. The van der Waals surface area contributed by atoms with Crippen molar-refractivity contribution >= 4 is 17.4 Å². The summed E-state index contributed by atoms with van der Waals surface area (Å²) < 4.78 is 18.7. The third-order valence-corrected chi connectivity index (χ3v) is 2.60. The Labute approximate surface area is 109 Å². The van der Waals surface area contributed by atoms with E-state index in [9.17, 15) is 4.39 Å². The minimum Gasteiger partial charge on any atom is -0.384 e. The second kappa shape index (κ2) is 5.29. The first-order valence-electron chi connectivity index (χ1n) is 5.18. The van der Waals surface area contributed by atoms with Crippen molar-refractivity contribution in [3.05, 3.63) is 40.9 Å². The van der Waals surface area contributed by atoms with Gasteiger partial charge < -0.3 is 10.5 Å². The molecule has 94 valence electrons. The quantitative estimate of drug-likeness (QED) is 0.929. The molecule has 0 aliphatic carbocycles. The van der Waals surface area contributed by atoms with Crippen LogP contribution >= 0.6 is 11.6 Å². The Morgan fingerprint density at radius 1 is 1.39 bits per heavy atom. The molecule has 2 rings (SSSR count). The van der Waals surface area contributed by atoms with Crippen LogP contribution in [0.2, 0.25) is 5.02 Å². The summed E-state index contributed by atoms with van der Waals surface area (Å²) in [4.78, 5) is 8.16. The first-order chi connectivity index (χ1) is 8.61. The first-order valence-corrected chi connectivity index (χ1v) is 5.56. The SMILES string of the molecule is COCc1nc(N)cc(-c2c(F)cccc2Cl)n1. The molecule has 0 bridgehead atoms. The fourth-order valence-electron chi connectivity index (χ4n) is 1.58. The molecule has 0 fully saturated rings. The fourth-order valence-corrected chi connectivity index (χ4v) is 1.84. The van der Waals surface area contributed by atoms with Crippen molar-refractivity contribution < 1.29 is 9.13 Å². The number of nitrogen functional groups attached to an aromatic ring is 1. The molecule has 0 saturated carbocycles. The average Bonchev–Trinajstić information content (AvgIpc) is 2.28. The Balaban J connectivity index is 2.56. The van der Waals surface area contributed by atoms with E-state index in [2.05, 4.69) is 9.97 Å².